The maximum Gasteiger partial charge on any atom is 0.408 e. The van der Waals surface area contributed by atoms with Gasteiger partial charge in [0, 0.05) is 45.6 Å². The number of nitrogens with zero attached hydrogens (tertiary/aromatic N) is 5. The van der Waals surface area contributed by atoms with Crippen LogP contribution in [0.15, 0.2) is 30.5 Å². The van der Waals surface area contributed by atoms with Gasteiger partial charge in [0.1, 0.15) is 55.0 Å². The van der Waals surface area contributed by atoms with Crippen LogP contribution in [0, 0.1) is 35.0 Å². The van der Waals surface area contributed by atoms with E-state index in [2.05, 4.69) is 35.1 Å². The Morgan fingerprint density at radius 2 is 1.11 bits per heavy atom. The summed E-state index contributed by atoms with van der Waals surface area (Å²) in [6.07, 6.45) is 6.64. The number of carbonyl (C=O) groups excluding carboxylic acids is 8. The van der Waals surface area contributed by atoms with E-state index in [9.17, 15) is 34.0 Å². The summed E-state index contributed by atoms with van der Waals surface area (Å²) in [5.74, 6) is -4.59. The normalized spacial score (nSPS) is 15.0. The van der Waals surface area contributed by atoms with Crippen LogP contribution in [0.3, 0.4) is 0 Å². The highest BCUT2D eigenvalue weighted by Crippen LogP contribution is 2.26. The molecule has 0 aliphatic heterocycles. The van der Waals surface area contributed by atoms with Crippen molar-refractivity contribution in [3.63, 3.8) is 0 Å². The molecule has 2 rings (SSSR count). The largest absolute Gasteiger partial charge is 0.467 e. The SMILES string of the molecule is CCCC[C@@H](C)C[C@H](NC(=O)[C@H](Cc1cn(OC)c2ccccc12)N(C)C(=O)[C@H](CC(C)C)NC(=O)[C@H](CC(C)C)N(C)C(=O)[C@H](C[C@H](C)CCCC)NC(=O)[C@@H](CCC#N)NC(=O)OC(C)(C)C)C(=O)N(C)[C@@H](C)C(=O)OC. The number of benzene rings is 1. The summed E-state index contributed by atoms with van der Waals surface area (Å²) in [4.78, 5) is 124. The summed E-state index contributed by atoms with van der Waals surface area (Å²) < 4.78 is 11.9. The van der Waals surface area contributed by atoms with Crippen LogP contribution in [-0.4, -0.2) is 150 Å². The number of esters is 1. The molecule has 0 saturated carbocycles. The zero-order valence-corrected chi connectivity index (χ0v) is 50.7. The van der Waals surface area contributed by atoms with Crippen molar-refractivity contribution in [2.24, 2.45) is 23.7 Å². The fourth-order valence-corrected chi connectivity index (χ4v) is 9.61. The second-order valence-corrected chi connectivity index (χ2v) is 23.3. The summed E-state index contributed by atoms with van der Waals surface area (Å²) in [6, 6.07) is 1.46. The summed E-state index contributed by atoms with van der Waals surface area (Å²) in [5, 5.41) is 21.6. The van der Waals surface area contributed by atoms with Gasteiger partial charge in [0.05, 0.1) is 18.7 Å². The maximum absolute atomic E-state index is 15.3. The molecule has 444 valence electrons. The Balaban J connectivity index is 2.73. The monoisotopic (exact) mass is 1110 g/mol. The molecule has 20 nitrogen and oxygen atoms in total. The molecule has 20 heteroatoms. The summed E-state index contributed by atoms with van der Waals surface area (Å²) >= 11 is 0. The predicted octanol–water partition coefficient (Wildman–Crippen LogP) is 7.09. The fraction of sp³-hybridized carbons (Fsp3) is 0.712. The van der Waals surface area contributed by atoms with Crippen molar-refractivity contribution in [2.75, 3.05) is 35.4 Å². The number of carbonyl (C=O) groups is 8. The van der Waals surface area contributed by atoms with Crippen molar-refractivity contribution < 1.29 is 52.7 Å². The Hall–Kier alpha value is -6.39. The minimum absolute atomic E-state index is 0.00790. The van der Waals surface area contributed by atoms with Gasteiger partial charge in [0.15, 0.2) is 0 Å². The molecule has 0 radical (unpaired) electrons. The number of nitrogens with one attached hydrogen (secondary N) is 4. The lowest BCUT2D eigenvalue weighted by Gasteiger charge is -2.36. The minimum atomic E-state index is -1.25. The molecule has 1 aromatic heterocycles. The lowest BCUT2D eigenvalue weighted by molar-refractivity contribution is -0.152. The number of methoxy groups -OCH3 is 1. The second kappa shape index (κ2) is 33.3. The zero-order valence-electron chi connectivity index (χ0n) is 50.7. The van der Waals surface area contributed by atoms with E-state index in [1.54, 1.807) is 38.6 Å². The lowest BCUT2D eigenvalue weighted by atomic mass is 9.94. The average Bonchev–Trinajstić information content (AvgIpc) is 3.77. The Morgan fingerprint density at radius 3 is 1.59 bits per heavy atom. The third-order valence-corrected chi connectivity index (χ3v) is 14.3. The Labute approximate surface area is 471 Å². The smallest absolute Gasteiger partial charge is 0.408 e. The molecule has 0 fully saturated rings. The maximum atomic E-state index is 15.3. The molecule has 4 N–H and O–H groups in total. The number of amides is 7. The van der Waals surface area contributed by atoms with Crippen LogP contribution >= 0.6 is 0 Å². The van der Waals surface area contributed by atoms with Gasteiger partial charge in [-0.05, 0) is 95.1 Å². The summed E-state index contributed by atoms with van der Waals surface area (Å²) in [5.41, 5.74) is 0.511. The summed E-state index contributed by atoms with van der Waals surface area (Å²) in [7, 11) is 7.21. The van der Waals surface area contributed by atoms with Gasteiger partial charge < -0.3 is 50.3 Å². The highest BCUT2D eigenvalue weighted by molar-refractivity contribution is 5.98. The molecule has 9 atom stereocenters. The van der Waals surface area contributed by atoms with E-state index in [0.29, 0.717) is 5.56 Å². The van der Waals surface area contributed by atoms with Crippen molar-refractivity contribution in [1.82, 2.24) is 40.7 Å². The highest BCUT2D eigenvalue weighted by Gasteiger charge is 2.40. The van der Waals surface area contributed by atoms with Crippen LogP contribution < -0.4 is 26.1 Å². The molecule has 0 saturated heterocycles. The van der Waals surface area contributed by atoms with Gasteiger partial charge in [0.2, 0.25) is 35.4 Å². The molecular formula is C59H97N9O11. The number of fused-ring (bicyclic) bond motifs is 1. The number of hydrogen-bond acceptors (Lipinski definition) is 12. The van der Waals surface area contributed by atoms with Crippen molar-refractivity contribution >= 4 is 58.4 Å². The van der Waals surface area contributed by atoms with E-state index in [0.717, 1.165) is 49.4 Å². The number of ether oxygens (including phenoxy) is 2. The van der Waals surface area contributed by atoms with Gasteiger partial charge in [-0.3, -0.25) is 28.8 Å². The van der Waals surface area contributed by atoms with Crippen LogP contribution in [-0.2, 0) is 49.5 Å². The van der Waals surface area contributed by atoms with Gasteiger partial charge in [0.25, 0.3) is 0 Å². The number of aromatic nitrogens is 1. The van der Waals surface area contributed by atoms with E-state index < -0.39 is 95.4 Å². The van der Waals surface area contributed by atoms with E-state index in [-0.39, 0.29) is 68.6 Å². The minimum Gasteiger partial charge on any atom is -0.467 e. The molecule has 79 heavy (non-hydrogen) atoms. The molecule has 0 aliphatic rings. The topological polar surface area (TPSA) is 251 Å². The molecule has 7 amide bonds. The lowest BCUT2D eigenvalue weighted by Crippen LogP contribution is -2.61. The van der Waals surface area contributed by atoms with E-state index in [4.69, 9.17) is 14.3 Å². The number of rotatable bonds is 33. The first kappa shape index (κ1) is 68.7. The standard InChI is InChI=1S/C59H97N9O11/c1-18-20-25-39(7)33-46(54(72)65(13)41(9)57(75)77-16)63-53(71)50(35-42-36-68(78-17)48-29-23-22-27-43(42)48)67(15)55(73)45(31-37(3)4)62-52(70)49(32-38(5)6)66(14)56(74)47(34-40(8)26-21-19-2)61-51(69)44(28-24-30-60)64-58(76)79-59(10,11)12/h22-23,27,29,36-41,44-47,49-50H,18-21,24-26,28,31-35H2,1-17H3,(H,61,69)(H,62,70)(H,63,71)(H,64,76)/t39-,40-,41+,44-,45+,46+,47+,49+,50+/m1/s1. The Morgan fingerprint density at radius 1 is 0.633 bits per heavy atom. The molecule has 0 spiro atoms. The molecule has 1 aromatic carbocycles. The third kappa shape index (κ3) is 22.0. The van der Waals surface area contributed by atoms with Crippen LogP contribution in [0.4, 0.5) is 4.79 Å². The quantitative estimate of drug-likeness (QED) is 0.0523. The van der Waals surface area contributed by atoms with Gasteiger partial charge in [-0.15, -0.1) is 0 Å². The first-order valence-corrected chi connectivity index (χ1v) is 28.3. The number of unbranched alkanes of at least 4 members (excludes halogenated alkanes) is 2. The molecular weight excluding hydrogens is 1010 g/mol. The van der Waals surface area contributed by atoms with Crippen molar-refractivity contribution in [3.05, 3.63) is 36.0 Å². The van der Waals surface area contributed by atoms with E-state index in [1.165, 1.54) is 50.1 Å². The molecule has 0 unspecified atom stereocenters. The zero-order chi connectivity index (χ0) is 59.9. The second-order valence-electron chi connectivity index (χ2n) is 23.3. The van der Waals surface area contributed by atoms with Crippen molar-refractivity contribution in [3.8, 4) is 6.07 Å². The average molecular weight is 1110 g/mol. The first-order valence-electron chi connectivity index (χ1n) is 28.3. The van der Waals surface area contributed by atoms with Gasteiger partial charge in [-0.2, -0.15) is 9.99 Å². The van der Waals surface area contributed by atoms with Crippen LogP contribution in [0.1, 0.15) is 166 Å². The van der Waals surface area contributed by atoms with Crippen LogP contribution in [0.5, 0.6) is 0 Å². The fourth-order valence-electron chi connectivity index (χ4n) is 9.61. The van der Waals surface area contributed by atoms with Crippen molar-refractivity contribution in [1.29, 1.82) is 5.26 Å². The Bertz CT molecular complexity index is 2360. The number of para-hydroxylation sites is 1. The molecule has 0 aliphatic carbocycles. The first-order chi connectivity index (χ1) is 37.0. The van der Waals surface area contributed by atoms with Crippen molar-refractivity contribution in [2.45, 2.75) is 214 Å². The van der Waals surface area contributed by atoms with Gasteiger partial charge >= 0.3 is 12.1 Å². The Kier molecular flexibility index (Phi) is 28.9. The summed E-state index contributed by atoms with van der Waals surface area (Å²) in [6.45, 7) is 22.3. The molecule has 0 bridgehead atoms. The van der Waals surface area contributed by atoms with Crippen LogP contribution in [0.25, 0.3) is 10.9 Å². The predicted molar refractivity (Wildman–Crippen MR) is 305 cm³/mol. The van der Waals surface area contributed by atoms with Crippen LogP contribution in [0.2, 0.25) is 0 Å². The molecule has 1 heterocycles. The van der Waals surface area contributed by atoms with Gasteiger partial charge in [-0.1, -0.05) is 112 Å². The highest BCUT2D eigenvalue weighted by atomic mass is 16.6. The third-order valence-electron chi connectivity index (χ3n) is 14.3. The van der Waals surface area contributed by atoms with Gasteiger partial charge in [-0.25, -0.2) is 9.59 Å². The number of likely N-dealkylation sites (N-methyl/N-ethyl adjacent to an activating group) is 3. The number of alkyl carbamates (subject to hydrolysis) is 1. The molecule has 2 aromatic rings. The van der Waals surface area contributed by atoms with E-state index >= 15 is 9.59 Å². The number of hydrogen-bond donors (Lipinski definition) is 4. The van der Waals surface area contributed by atoms with E-state index in [1.807, 2.05) is 71.9 Å². The number of nitriles is 1.